The molecule has 23 heavy (non-hydrogen) atoms. The van der Waals surface area contributed by atoms with Crippen LogP contribution in [0.5, 0.6) is 5.75 Å². The van der Waals surface area contributed by atoms with Gasteiger partial charge in [-0.05, 0) is 73.1 Å². The molecule has 0 radical (unpaired) electrons. The minimum absolute atomic E-state index is 0.0898. The van der Waals surface area contributed by atoms with E-state index in [1.54, 1.807) is 7.11 Å². The number of carbonyl (C=O) groups excluding carboxylic acids is 1. The molecule has 0 amide bonds. The van der Waals surface area contributed by atoms with E-state index in [1.165, 1.54) is 17.5 Å². The van der Waals surface area contributed by atoms with Gasteiger partial charge in [-0.2, -0.15) is 0 Å². The molecule has 4 heteroatoms. The third-order valence-corrected chi connectivity index (χ3v) is 8.51. The summed E-state index contributed by atoms with van der Waals surface area (Å²) in [4.78, 5) is 13.0. The van der Waals surface area contributed by atoms with Crippen LogP contribution in [0.1, 0.15) is 49.7 Å². The predicted octanol–water partition coefficient (Wildman–Crippen LogP) is 5.30. The second-order valence-corrected chi connectivity index (χ2v) is 13.4. The fourth-order valence-corrected chi connectivity index (χ4v) is 7.63. The van der Waals surface area contributed by atoms with Gasteiger partial charge in [0.25, 0.3) is 0 Å². The molecule has 2 fully saturated rings. The van der Waals surface area contributed by atoms with Crippen LogP contribution in [-0.2, 0) is 11.2 Å². The topological polar surface area (TPSA) is 26.3 Å². The van der Waals surface area contributed by atoms with Crippen molar-refractivity contribution in [3.05, 3.63) is 29.3 Å². The van der Waals surface area contributed by atoms with Crippen molar-refractivity contribution >= 4 is 51.0 Å². The average molecular weight is 536 g/mol. The number of rotatable bonds is 1. The summed E-state index contributed by atoms with van der Waals surface area (Å²) in [6.07, 6.45) is 5.62. The Hall–Kier alpha value is 0.150. The van der Waals surface area contributed by atoms with E-state index in [4.69, 9.17) is 4.74 Å². The van der Waals surface area contributed by atoms with E-state index in [0.29, 0.717) is 23.5 Å². The SMILES string of the molecule is COc1ccc2c(c1)CC[C@@H]1[C@@H]2CC[C@]2(C)C(=O)C(I)(I)C[C@@H]12. The maximum Gasteiger partial charge on any atom is 0.164 e. The van der Waals surface area contributed by atoms with Gasteiger partial charge in [-0.15, -0.1) is 0 Å². The van der Waals surface area contributed by atoms with E-state index in [2.05, 4.69) is 70.3 Å². The van der Waals surface area contributed by atoms with Gasteiger partial charge in [0.05, 0.1) is 7.11 Å². The molecule has 2 saturated carbocycles. The molecule has 4 rings (SSSR count). The minimum atomic E-state index is -0.190. The van der Waals surface area contributed by atoms with Crippen LogP contribution >= 0.6 is 45.2 Å². The summed E-state index contributed by atoms with van der Waals surface area (Å²) >= 11 is 4.80. The zero-order valence-electron chi connectivity index (χ0n) is 13.6. The Labute approximate surface area is 165 Å². The first-order chi connectivity index (χ1) is 10.9. The number of alkyl halides is 2. The standard InChI is InChI=1S/C19H22I2O2/c1-18-8-7-14-13-6-4-12(23-2)9-11(13)3-5-15(14)16(18)10-19(20,21)17(18)22/h4,6,9,14-16H,3,5,7-8,10H2,1-2H3/t14-,15-,16+,18+/m1/s1. The van der Waals surface area contributed by atoms with Crippen molar-refractivity contribution in [2.24, 2.45) is 17.3 Å². The Morgan fingerprint density at radius 3 is 2.78 bits per heavy atom. The molecule has 0 unspecified atom stereocenters. The molecule has 4 atom stereocenters. The predicted molar refractivity (Wildman–Crippen MR) is 109 cm³/mol. The first-order valence-corrected chi connectivity index (χ1v) is 10.6. The maximum atomic E-state index is 13.0. The molecular weight excluding hydrogens is 514 g/mol. The van der Waals surface area contributed by atoms with E-state index >= 15 is 0 Å². The Morgan fingerprint density at radius 1 is 1.26 bits per heavy atom. The van der Waals surface area contributed by atoms with E-state index in [9.17, 15) is 4.79 Å². The highest BCUT2D eigenvalue weighted by Gasteiger charge is 2.62. The molecule has 124 valence electrons. The van der Waals surface area contributed by atoms with Crippen molar-refractivity contribution in [2.75, 3.05) is 7.11 Å². The van der Waals surface area contributed by atoms with Crippen LogP contribution < -0.4 is 4.74 Å². The fraction of sp³-hybridized carbons (Fsp3) is 0.632. The summed E-state index contributed by atoms with van der Waals surface area (Å²) in [5.41, 5.74) is 2.90. The van der Waals surface area contributed by atoms with Gasteiger partial charge in [0.2, 0.25) is 0 Å². The number of hydrogen-bond donors (Lipinski definition) is 0. The van der Waals surface area contributed by atoms with Crippen LogP contribution in [0.15, 0.2) is 18.2 Å². The van der Waals surface area contributed by atoms with Crippen LogP contribution in [0, 0.1) is 17.3 Å². The minimum Gasteiger partial charge on any atom is -0.497 e. The third kappa shape index (κ3) is 2.41. The van der Waals surface area contributed by atoms with Crippen LogP contribution in [0.25, 0.3) is 0 Å². The monoisotopic (exact) mass is 536 g/mol. The zero-order chi connectivity index (χ0) is 16.4. The Balaban J connectivity index is 1.71. The Bertz CT molecular complexity index is 669. The van der Waals surface area contributed by atoms with Gasteiger partial charge in [0.1, 0.15) is 7.18 Å². The number of halogens is 2. The fourth-order valence-electron chi connectivity index (χ4n) is 5.45. The van der Waals surface area contributed by atoms with Crippen LogP contribution in [0.4, 0.5) is 0 Å². The molecule has 0 saturated heterocycles. The van der Waals surface area contributed by atoms with Gasteiger partial charge in [-0.3, -0.25) is 4.79 Å². The van der Waals surface area contributed by atoms with Crippen LogP contribution in [-0.4, -0.2) is 14.3 Å². The maximum absolute atomic E-state index is 13.0. The van der Waals surface area contributed by atoms with Crippen molar-refractivity contribution in [2.45, 2.75) is 46.4 Å². The highest BCUT2D eigenvalue weighted by Crippen LogP contribution is 2.64. The molecule has 0 N–H and O–H groups in total. The first-order valence-electron chi connectivity index (χ1n) is 8.46. The van der Waals surface area contributed by atoms with Gasteiger partial charge in [-0.25, -0.2) is 0 Å². The molecule has 2 nitrogen and oxygen atoms in total. The molecule has 1 aromatic carbocycles. The molecule has 0 heterocycles. The van der Waals surface area contributed by atoms with Crippen LogP contribution in [0.2, 0.25) is 0 Å². The van der Waals surface area contributed by atoms with E-state index in [-0.39, 0.29) is 6.84 Å². The number of aryl methyl sites for hydroxylation is 1. The Morgan fingerprint density at radius 2 is 2.04 bits per heavy atom. The Kier molecular flexibility index (Phi) is 4.03. The summed E-state index contributed by atoms with van der Waals surface area (Å²) in [5, 5.41) is 0. The molecule has 3 aliphatic carbocycles. The molecule has 0 spiro atoms. The normalized spacial score (nSPS) is 37.7. The number of hydrogen-bond acceptors (Lipinski definition) is 2. The van der Waals surface area contributed by atoms with Crippen molar-refractivity contribution in [3.8, 4) is 5.75 Å². The van der Waals surface area contributed by atoms with Crippen LogP contribution in [0.3, 0.4) is 0 Å². The largest absolute Gasteiger partial charge is 0.497 e. The lowest BCUT2D eigenvalue weighted by Gasteiger charge is -2.48. The van der Waals surface area contributed by atoms with Crippen molar-refractivity contribution in [3.63, 3.8) is 0 Å². The lowest BCUT2D eigenvalue weighted by molar-refractivity contribution is -0.129. The quantitative estimate of drug-likeness (QED) is 0.360. The van der Waals surface area contributed by atoms with Crippen molar-refractivity contribution in [1.82, 2.24) is 0 Å². The van der Waals surface area contributed by atoms with E-state index in [1.807, 2.05) is 0 Å². The summed E-state index contributed by atoms with van der Waals surface area (Å²) < 4.78 is 5.21. The molecular formula is C19H22I2O2. The van der Waals surface area contributed by atoms with E-state index in [0.717, 1.165) is 31.4 Å². The highest BCUT2D eigenvalue weighted by atomic mass is 127. The summed E-state index contributed by atoms with van der Waals surface area (Å²) in [5.74, 6) is 3.33. The van der Waals surface area contributed by atoms with Gasteiger partial charge < -0.3 is 4.74 Å². The number of benzene rings is 1. The molecule has 0 aromatic heterocycles. The first kappa shape index (κ1) is 16.6. The molecule has 0 bridgehead atoms. The second kappa shape index (κ2) is 5.58. The summed E-state index contributed by atoms with van der Waals surface area (Å²) in [6.45, 7) is 2.25. The van der Waals surface area contributed by atoms with Gasteiger partial charge in [0.15, 0.2) is 5.78 Å². The number of methoxy groups -OCH3 is 1. The molecule has 3 aliphatic rings. The third-order valence-electron chi connectivity index (χ3n) is 6.65. The number of carbonyl (C=O) groups is 1. The zero-order valence-corrected chi connectivity index (χ0v) is 17.9. The number of fused-ring (bicyclic) bond motifs is 5. The summed E-state index contributed by atoms with van der Waals surface area (Å²) in [6, 6.07) is 6.61. The molecule has 1 aromatic rings. The lowest BCUT2D eigenvalue weighted by Crippen LogP contribution is -2.43. The molecule has 0 aliphatic heterocycles. The second-order valence-electron chi connectivity index (χ2n) is 7.67. The number of ketones is 1. The average Bonchev–Trinajstić information content (AvgIpc) is 2.73. The van der Waals surface area contributed by atoms with Crippen molar-refractivity contribution < 1.29 is 9.53 Å². The highest BCUT2D eigenvalue weighted by molar-refractivity contribution is 14.2. The van der Waals surface area contributed by atoms with E-state index < -0.39 is 0 Å². The summed E-state index contributed by atoms with van der Waals surface area (Å²) in [7, 11) is 1.74. The number of Topliss-reactive ketones (excluding diaryl/α,β-unsaturated/α-hetero) is 1. The van der Waals surface area contributed by atoms with Crippen molar-refractivity contribution in [1.29, 1.82) is 0 Å². The smallest absolute Gasteiger partial charge is 0.164 e. The lowest BCUT2D eigenvalue weighted by atomic mass is 9.55. The van der Waals surface area contributed by atoms with Gasteiger partial charge in [-0.1, -0.05) is 58.2 Å². The number of ether oxygens (including phenoxy) is 1. The van der Waals surface area contributed by atoms with Gasteiger partial charge in [0, 0.05) is 5.41 Å². The van der Waals surface area contributed by atoms with Gasteiger partial charge >= 0.3 is 0 Å².